The van der Waals surface area contributed by atoms with E-state index < -0.39 is 5.82 Å². The second kappa shape index (κ2) is 5.82. The molecule has 100 valence electrons. The van der Waals surface area contributed by atoms with Crippen molar-refractivity contribution < 1.29 is 4.39 Å². The van der Waals surface area contributed by atoms with Gasteiger partial charge in [0, 0.05) is 7.05 Å². The van der Waals surface area contributed by atoms with E-state index in [2.05, 4.69) is 15.6 Å². The van der Waals surface area contributed by atoms with Crippen molar-refractivity contribution in [3.05, 3.63) is 45.2 Å². The van der Waals surface area contributed by atoms with E-state index in [1.165, 1.54) is 18.2 Å². The minimum absolute atomic E-state index is 0.114. The Morgan fingerprint density at radius 3 is 2.37 bits per heavy atom. The molecule has 2 N–H and O–H groups in total. The van der Waals surface area contributed by atoms with Gasteiger partial charge in [-0.15, -0.1) is 0 Å². The Balaban J connectivity index is 2.44. The van der Waals surface area contributed by atoms with Crippen LogP contribution in [0.1, 0.15) is 0 Å². The number of rotatable bonds is 3. The van der Waals surface area contributed by atoms with Crippen molar-refractivity contribution >= 4 is 52.1 Å². The van der Waals surface area contributed by atoms with E-state index in [9.17, 15) is 4.39 Å². The molecular formula is C12H9Cl3FN3. The van der Waals surface area contributed by atoms with E-state index in [1.54, 1.807) is 13.1 Å². The van der Waals surface area contributed by atoms with Crippen LogP contribution < -0.4 is 10.6 Å². The van der Waals surface area contributed by atoms with E-state index >= 15 is 0 Å². The number of anilines is 3. The quantitative estimate of drug-likeness (QED) is 0.838. The predicted octanol–water partition coefficient (Wildman–Crippen LogP) is 4.97. The number of para-hydroxylation sites is 1. The summed E-state index contributed by atoms with van der Waals surface area (Å²) in [5.74, 6) is 0.203. The monoisotopic (exact) mass is 319 g/mol. The van der Waals surface area contributed by atoms with E-state index in [1.807, 2.05) is 0 Å². The molecule has 0 unspecified atom stereocenters. The topological polar surface area (TPSA) is 37.0 Å². The number of nitrogens with one attached hydrogen (secondary N) is 2. The second-order valence-corrected chi connectivity index (χ2v) is 4.84. The van der Waals surface area contributed by atoms with Gasteiger partial charge in [0.1, 0.15) is 11.6 Å². The van der Waals surface area contributed by atoms with Crippen LogP contribution in [-0.4, -0.2) is 12.0 Å². The highest BCUT2D eigenvalue weighted by Gasteiger charge is 2.12. The Bertz CT molecular complexity index is 599. The normalized spacial score (nSPS) is 10.4. The summed E-state index contributed by atoms with van der Waals surface area (Å²) >= 11 is 17.9. The molecule has 0 aliphatic heterocycles. The summed E-state index contributed by atoms with van der Waals surface area (Å²) in [5.41, 5.74) is 0.114. The van der Waals surface area contributed by atoms with Crippen molar-refractivity contribution in [2.45, 2.75) is 0 Å². The van der Waals surface area contributed by atoms with Crippen molar-refractivity contribution in [1.29, 1.82) is 0 Å². The number of nitrogens with zero attached hydrogens (tertiary/aromatic N) is 1. The third kappa shape index (κ3) is 3.03. The number of hydrogen-bond donors (Lipinski definition) is 2. The van der Waals surface area contributed by atoms with Gasteiger partial charge in [-0.3, -0.25) is 0 Å². The molecule has 0 saturated carbocycles. The first-order valence-electron chi connectivity index (χ1n) is 5.27. The Hall–Kier alpha value is -1.23. The fourth-order valence-electron chi connectivity index (χ4n) is 1.47. The summed E-state index contributed by atoms with van der Waals surface area (Å²) in [6, 6.07) is 5.88. The minimum Gasteiger partial charge on any atom is -0.372 e. The van der Waals surface area contributed by atoms with Crippen molar-refractivity contribution in [2.24, 2.45) is 0 Å². The van der Waals surface area contributed by atoms with Gasteiger partial charge in [0.15, 0.2) is 5.82 Å². The number of benzene rings is 1. The van der Waals surface area contributed by atoms with Crippen LogP contribution in [0.25, 0.3) is 0 Å². The molecule has 0 aliphatic rings. The lowest BCUT2D eigenvalue weighted by Gasteiger charge is -2.12. The molecule has 7 heteroatoms. The van der Waals surface area contributed by atoms with Crippen LogP contribution in [0.5, 0.6) is 0 Å². The van der Waals surface area contributed by atoms with Crippen LogP contribution in [0.15, 0.2) is 24.3 Å². The number of pyridine rings is 1. The van der Waals surface area contributed by atoms with Gasteiger partial charge in [-0.2, -0.15) is 0 Å². The molecule has 0 atom stereocenters. The van der Waals surface area contributed by atoms with Crippen LogP contribution in [0.3, 0.4) is 0 Å². The Morgan fingerprint density at radius 2 is 1.74 bits per heavy atom. The van der Waals surface area contributed by atoms with Crippen LogP contribution in [0.4, 0.5) is 21.7 Å². The Kier molecular flexibility index (Phi) is 4.34. The van der Waals surface area contributed by atoms with E-state index in [0.717, 1.165) is 0 Å². The zero-order chi connectivity index (χ0) is 14.0. The van der Waals surface area contributed by atoms with Gasteiger partial charge < -0.3 is 10.6 Å². The van der Waals surface area contributed by atoms with Crippen molar-refractivity contribution in [2.75, 3.05) is 17.7 Å². The van der Waals surface area contributed by atoms with Gasteiger partial charge in [-0.25, -0.2) is 9.37 Å². The smallest absolute Gasteiger partial charge is 0.151 e. The van der Waals surface area contributed by atoms with Gasteiger partial charge in [-0.05, 0) is 18.2 Å². The first kappa shape index (κ1) is 14.2. The lowest BCUT2D eigenvalue weighted by Crippen LogP contribution is -2.01. The van der Waals surface area contributed by atoms with Gasteiger partial charge in [0.2, 0.25) is 0 Å². The fourth-order valence-corrected chi connectivity index (χ4v) is 2.18. The van der Waals surface area contributed by atoms with Gasteiger partial charge in [-0.1, -0.05) is 40.9 Å². The SMILES string of the molecule is CNc1nc(Nc2c(F)cccc2Cl)c(Cl)cc1Cl. The summed E-state index contributed by atoms with van der Waals surface area (Å²) in [7, 11) is 1.67. The highest BCUT2D eigenvalue weighted by atomic mass is 35.5. The first-order valence-corrected chi connectivity index (χ1v) is 6.41. The molecule has 1 heterocycles. The zero-order valence-electron chi connectivity index (χ0n) is 9.77. The standard InChI is InChI=1S/C12H9Cl3FN3/c1-17-11-7(14)5-8(15)12(19-11)18-10-6(13)3-2-4-9(10)16/h2-5H,1H3,(H2,17,18,19). The largest absolute Gasteiger partial charge is 0.372 e. The molecule has 1 aromatic carbocycles. The molecule has 2 aromatic rings. The summed E-state index contributed by atoms with van der Waals surface area (Å²) in [6.07, 6.45) is 0. The molecule has 2 rings (SSSR count). The maximum absolute atomic E-state index is 13.7. The van der Waals surface area contributed by atoms with Gasteiger partial charge in [0.25, 0.3) is 0 Å². The number of hydrogen-bond acceptors (Lipinski definition) is 3. The summed E-state index contributed by atoms with van der Waals surface area (Å²) in [4.78, 5) is 4.16. The minimum atomic E-state index is -0.494. The maximum Gasteiger partial charge on any atom is 0.151 e. The summed E-state index contributed by atoms with van der Waals surface area (Å²) < 4.78 is 13.7. The molecule has 0 aliphatic carbocycles. The van der Waals surface area contributed by atoms with Gasteiger partial charge >= 0.3 is 0 Å². The number of aromatic nitrogens is 1. The highest BCUT2D eigenvalue weighted by Crippen LogP contribution is 2.33. The van der Waals surface area contributed by atoms with E-state index in [0.29, 0.717) is 10.8 Å². The van der Waals surface area contributed by atoms with Crippen LogP contribution in [0.2, 0.25) is 15.1 Å². The molecule has 0 spiro atoms. The zero-order valence-corrected chi connectivity index (χ0v) is 12.0. The summed E-state index contributed by atoms with van der Waals surface area (Å²) in [6.45, 7) is 0. The van der Waals surface area contributed by atoms with Crippen molar-refractivity contribution in [1.82, 2.24) is 4.98 Å². The molecule has 1 aromatic heterocycles. The van der Waals surface area contributed by atoms with Gasteiger partial charge in [0.05, 0.1) is 20.8 Å². The highest BCUT2D eigenvalue weighted by molar-refractivity contribution is 6.37. The molecule has 0 amide bonds. The number of halogens is 4. The van der Waals surface area contributed by atoms with Crippen molar-refractivity contribution in [3.8, 4) is 0 Å². The van der Waals surface area contributed by atoms with Crippen molar-refractivity contribution in [3.63, 3.8) is 0 Å². The van der Waals surface area contributed by atoms with E-state index in [-0.39, 0.29) is 21.6 Å². The lowest BCUT2D eigenvalue weighted by molar-refractivity contribution is 0.632. The maximum atomic E-state index is 13.7. The Labute approximate surface area is 124 Å². The fraction of sp³-hybridized carbons (Fsp3) is 0.0833. The molecule has 0 saturated heterocycles. The molecule has 19 heavy (non-hydrogen) atoms. The average Bonchev–Trinajstić information content (AvgIpc) is 2.36. The van der Waals surface area contributed by atoms with Crippen LogP contribution in [0, 0.1) is 5.82 Å². The lowest BCUT2D eigenvalue weighted by atomic mass is 10.3. The molecule has 0 radical (unpaired) electrons. The second-order valence-electron chi connectivity index (χ2n) is 3.62. The van der Waals surface area contributed by atoms with Crippen LogP contribution in [-0.2, 0) is 0 Å². The Morgan fingerprint density at radius 1 is 1.05 bits per heavy atom. The predicted molar refractivity (Wildman–Crippen MR) is 78.5 cm³/mol. The van der Waals surface area contributed by atoms with Crippen LogP contribution >= 0.6 is 34.8 Å². The third-order valence-corrected chi connectivity index (χ3v) is 3.26. The summed E-state index contributed by atoms with van der Waals surface area (Å²) in [5, 5.41) is 6.45. The molecule has 3 nitrogen and oxygen atoms in total. The molecular weight excluding hydrogens is 312 g/mol. The average molecular weight is 321 g/mol. The third-order valence-electron chi connectivity index (χ3n) is 2.37. The first-order chi connectivity index (χ1) is 9.02. The molecule has 0 bridgehead atoms. The molecule has 0 fully saturated rings. The van der Waals surface area contributed by atoms with E-state index in [4.69, 9.17) is 34.8 Å².